The van der Waals surface area contributed by atoms with Gasteiger partial charge in [0, 0.05) is 6.04 Å². The zero-order valence-electron chi connectivity index (χ0n) is 12.2. The van der Waals surface area contributed by atoms with Gasteiger partial charge in [0.05, 0.1) is 10.6 Å². The average Bonchev–Trinajstić information content (AvgIpc) is 2.40. The topological polar surface area (TPSA) is 83.5 Å². The van der Waals surface area contributed by atoms with Gasteiger partial charge in [0.1, 0.15) is 6.04 Å². The van der Waals surface area contributed by atoms with Gasteiger partial charge in [-0.05, 0) is 30.4 Å². The molecule has 0 radical (unpaired) electrons. The molecule has 1 heterocycles. The van der Waals surface area contributed by atoms with E-state index in [1.165, 1.54) is 0 Å². The molecule has 0 saturated heterocycles. The van der Waals surface area contributed by atoms with Gasteiger partial charge in [-0.1, -0.05) is 32.0 Å². The van der Waals surface area contributed by atoms with Crippen molar-refractivity contribution in [2.45, 2.75) is 43.7 Å². The fourth-order valence-corrected chi connectivity index (χ4v) is 4.34. The number of hydrogen-bond acceptors (Lipinski definition) is 4. The van der Waals surface area contributed by atoms with Crippen molar-refractivity contribution in [3.63, 3.8) is 0 Å². The van der Waals surface area contributed by atoms with Gasteiger partial charge in [0.15, 0.2) is 9.84 Å². The van der Waals surface area contributed by atoms with E-state index in [0.29, 0.717) is 23.3 Å². The molecule has 6 heteroatoms. The first kappa shape index (κ1) is 16.0. The lowest BCUT2D eigenvalue weighted by Gasteiger charge is -2.29. The zero-order chi connectivity index (χ0) is 15.6. The van der Waals surface area contributed by atoms with Crippen molar-refractivity contribution in [1.29, 1.82) is 0 Å². The summed E-state index contributed by atoms with van der Waals surface area (Å²) in [6.45, 7) is 3.94. The summed E-state index contributed by atoms with van der Waals surface area (Å²) in [6, 6.07) is 5.94. The van der Waals surface area contributed by atoms with Crippen LogP contribution in [0.1, 0.15) is 38.3 Å². The van der Waals surface area contributed by atoms with E-state index in [-0.39, 0.29) is 17.7 Å². The van der Waals surface area contributed by atoms with Gasteiger partial charge in [-0.15, -0.1) is 0 Å². The smallest absolute Gasteiger partial charge is 0.320 e. The molecule has 2 unspecified atom stereocenters. The van der Waals surface area contributed by atoms with E-state index in [1.54, 1.807) is 24.3 Å². The van der Waals surface area contributed by atoms with E-state index in [9.17, 15) is 18.3 Å². The molecule has 0 bridgehead atoms. The number of sulfone groups is 1. The third-order valence-corrected chi connectivity index (χ3v) is 5.53. The van der Waals surface area contributed by atoms with Gasteiger partial charge >= 0.3 is 5.97 Å². The Hall–Kier alpha value is -1.40. The number of nitrogens with one attached hydrogen (secondary N) is 1. The predicted octanol–water partition coefficient (Wildman–Crippen LogP) is 1.99. The number of carboxylic acids is 1. The largest absolute Gasteiger partial charge is 0.480 e. The van der Waals surface area contributed by atoms with Crippen LogP contribution >= 0.6 is 0 Å². The lowest BCUT2D eigenvalue weighted by molar-refractivity contribution is -0.140. The Balaban J connectivity index is 2.27. The van der Waals surface area contributed by atoms with Crippen LogP contribution in [0.5, 0.6) is 0 Å². The Morgan fingerprint density at radius 2 is 2.05 bits per heavy atom. The van der Waals surface area contributed by atoms with E-state index in [0.717, 1.165) is 0 Å². The van der Waals surface area contributed by atoms with Crippen LogP contribution < -0.4 is 5.32 Å². The minimum Gasteiger partial charge on any atom is -0.480 e. The molecule has 2 N–H and O–H groups in total. The van der Waals surface area contributed by atoms with Crippen LogP contribution in [0.15, 0.2) is 29.2 Å². The van der Waals surface area contributed by atoms with Crippen molar-refractivity contribution in [3.05, 3.63) is 29.8 Å². The standard InChI is InChI=1S/C15H21NO4S/c1-10(2)9-13(15(17)18)16-12-7-8-21(19,20)14-6-4-3-5-11(12)14/h3-6,10,12-13,16H,7-9H2,1-2H3,(H,17,18). The normalized spacial score (nSPS) is 21.8. The second-order valence-corrected chi connectivity index (χ2v) is 7.96. The maximum Gasteiger partial charge on any atom is 0.320 e. The van der Waals surface area contributed by atoms with E-state index in [1.807, 2.05) is 13.8 Å². The van der Waals surface area contributed by atoms with Crippen molar-refractivity contribution >= 4 is 15.8 Å². The Bertz CT molecular complexity index is 624. The van der Waals surface area contributed by atoms with Crippen molar-refractivity contribution in [2.75, 3.05) is 5.75 Å². The summed E-state index contributed by atoms with van der Waals surface area (Å²) in [5.74, 6) is -0.592. The lowest BCUT2D eigenvalue weighted by atomic mass is 9.99. The summed E-state index contributed by atoms with van der Waals surface area (Å²) in [7, 11) is -3.24. The fraction of sp³-hybridized carbons (Fsp3) is 0.533. The number of fused-ring (bicyclic) bond motifs is 1. The van der Waals surface area contributed by atoms with Gasteiger partial charge in [0.25, 0.3) is 0 Å². The molecule has 0 amide bonds. The summed E-state index contributed by atoms with van der Waals surface area (Å²) in [6.07, 6.45) is 0.919. The number of aliphatic carboxylic acids is 1. The van der Waals surface area contributed by atoms with Gasteiger partial charge in [-0.2, -0.15) is 0 Å². The maximum absolute atomic E-state index is 12.1. The SMILES string of the molecule is CC(C)CC(NC1CCS(=O)(=O)c2ccccc21)C(=O)O. The van der Waals surface area contributed by atoms with Crippen LogP contribution in [0.4, 0.5) is 0 Å². The van der Waals surface area contributed by atoms with Gasteiger partial charge in [0.2, 0.25) is 0 Å². The van der Waals surface area contributed by atoms with Crippen LogP contribution in [-0.4, -0.2) is 31.3 Å². The molecule has 21 heavy (non-hydrogen) atoms. The molecule has 0 aromatic heterocycles. The summed E-state index contributed by atoms with van der Waals surface area (Å²) < 4.78 is 24.1. The number of rotatable bonds is 5. The molecular weight excluding hydrogens is 290 g/mol. The minimum absolute atomic E-state index is 0.0513. The highest BCUT2D eigenvalue weighted by atomic mass is 32.2. The molecule has 2 rings (SSSR count). The van der Waals surface area contributed by atoms with E-state index < -0.39 is 21.8 Å². The molecule has 5 nitrogen and oxygen atoms in total. The molecule has 1 aliphatic rings. The summed E-state index contributed by atoms with van der Waals surface area (Å²) in [4.78, 5) is 11.7. The molecule has 2 atom stereocenters. The monoisotopic (exact) mass is 311 g/mol. The Labute approximate surface area is 125 Å². The van der Waals surface area contributed by atoms with Crippen molar-refractivity contribution in [2.24, 2.45) is 5.92 Å². The molecule has 1 aromatic rings. The summed E-state index contributed by atoms with van der Waals surface area (Å²) >= 11 is 0. The van der Waals surface area contributed by atoms with Gasteiger partial charge in [-0.3, -0.25) is 10.1 Å². The minimum atomic E-state index is -3.24. The number of carbonyl (C=O) groups is 1. The van der Waals surface area contributed by atoms with E-state index in [4.69, 9.17) is 0 Å². The molecule has 116 valence electrons. The lowest BCUT2D eigenvalue weighted by Crippen LogP contribution is -2.42. The first-order valence-corrected chi connectivity index (χ1v) is 8.77. The summed E-state index contributed by atoms with van der Waals surface area (Å²) in [5, 5.41) is 12.4. The van der Waals surface area contributed by atoms with Crippen LogP contribution in [0.25, 0.3) is 0 Å². The van der Waals surface area contributed by atoms with Gasteiger partial charge < -0.3 is 5.11 Å². The zero-order valence-corrected chi connectivity index (χ0v) is 13.1. The third kappa shape index (κ3) is 3.63. The third-order valence-electron chi connectivity index (χ3n) is 3.71. The van der Waals surface area contributed by atoms with Crippen LogP contribution in [-0.2, 0) is 14.6 Å². The molecule has 0 saturated carbocycles. The van der Waals surface area contributed by atoms with Crippen LogP contribution in [0.3, 0.4) is 0 Å². The summed E-state index contributed by atoms with van der Waals surface area (Å²) in [5.41, 5.74) is 0.679. The highest BCUT2D eigenvalue weighted by Crippen LogP contribution is 2.32. The predicted molar refractivity (Wildman–Crippen MR) is 79.9 cm³/mol. The molecule has 1 aromatic carbocycles. The molecule has 1 aliphatic heterocycles. The maximum atomic E-state index is 12.1. The Kier molecular flexibility index (Phi) is 4.68. The quantitative estimate of drug-likeness (QED) is 0.869. The van der Waals surface area contributed by atoms with Crippen molar-refractivity contribution < 1.29 is 18.3 Å². The molecule has 0 spiro atoms. The number of benzene rings is 1. The second kappa shape index (κ2) is 6.15. The first-order chi connectivity index (χ1) is 9.81. The van der Waals surface area contributed by atoms with Crippen LogP contribution in [0, 0.1) is 5.92 Å². The molecule has 0 fully saturated rings. The van der Waals surface area contributed by atoms with E-state index >= 15 is 0 Å². The highest BCUT2D eigenvalue weighted by molar-refractivity contribution is 7.91. The Morgan fingerprint density at radius 1 is 1.38 bits per heavy atom. The van der Waals surface area contributed by atoms with Crippen LogP contribution in [0.2, 0.25) is 0 Å². The Morgan fingerprint density at radius 3 is 2.67 bits per heavy atom. The first-order valence-electron chi connectivity index (χ1n) is 7.12. The van der Waals surface area contributed by atoms with Crippen molar-refractivity contribution in [1.82, 2.24) is 5.32 Å². The molecular formula is C15H21NO4S. The molecule has 0 aliphatic carbocycles. The number of hydrogen-bond donors (Lipinski definition) is 2. The van der Waals surface area contributed by atoms with Gasteiger partial charge in [-0.25, -0.2) is 8.42 Å². The number of carboxylic acid groups (broad SMARTS) is 1. The fourth-order valence-electron chi connectivity index (χ4n) is 2.72. The highest BCUT2D eigenvalue weighted by Gasteiger charge is 2.32. The average molecular weight is 311 g/mol. The van der Waals surface area contributed by atoms with E-state index in [2.05, 4.69) is 5.32 Å². The van der Waals surface area contributed by atoms with Crippen molar-refractivity contribution in [3.8, 4) is 0 Å². The second-order valence-electron chi connectivity index (χ2n) is 5.88.